The van der Waals surface area contributed by atoms with Gasteiger partial charge in [0.05, 0.1) is 9.92 Å². The largest absolute Gasteiger partial charge is 0.356 e. The zero-order valence-electron chi connectivity index (χ0n) is 13.7. The fourth-order valence-electron chi connectivity index (χ4n) is 2.81. The number of rotatable bonds is 5. The smallest absolute Gasteiger partial charge is 0.268 e. The van der Waals surface area contributed by atoms with Gasteiger partial charge in [0.25, 0.3) is 5.91 Å². The van der Waals surface area contributed by atoms with E-state index >= 15 is 0 Å². The molecule has 6 nitrogen and oxygen atoms in total. The van der Waals surface area contributed by atoms with E-state index in [9.17, 15) is 13.2 Å². The van der Waals surface area contributed by atoms with E-state index < -0.39 is 10.0 Å². The summed E-state index contributed by atoms with van der Waals surface area (Å²) in [5, 5.41) is 3.23. The fraction of sp³-hybridized carbons (Fsp3) is 0.353. The SMILES string of the molecule is O=C(NCc1ccc(S(=O)(=O)N2CCCCC2)cc1)c1cc(Cl)c[nH]1. The van der Waals surface area contributed by atoms with E-state index in [1.807, 2.05) is 0 Å². The standard InChI is InChI=1S/C17H20ClN3O3S/c18-14-10-16(19-12-14)17(22)20-11-13-4-6-15(7-5-13)25(23,24)21-8-2-1-3-9-21/h4-7,10,12,19H,1-3,8-9,11H2,(H,20,22). The summed E-state index contributed by atoms with van der Waals surface area (Å²) >= 11 is 5.77. The van der Waals surface area contributed by atoms with Crippen LogP contribution in [0.5, 0.6) is 0 Å². The van der Waals surface area contributed by atoms with E-state index in [2.05, 4.69) is 10.3 Å². The summed E-state index contributed by atoms with van der Waals surface area (Å²) in [6.07, 6.45) is 4.44. The van der Waals surface area contributed by atoms with E-state index in [4.69, 9.17) is 11.6 Å². The van der Waals surface area contributed by atoms with Crippen LogP contribution in [0.3, 0.4) is 0 Å². The number of halogens is 1. The molecule has 0 spiro atoms. The van der Waals surface area contributed by atoms with Crippen LogP contribution in [0, 0.1) is 0 Å². The number of carbonyl (C=O) groups excluding carboxylic acids is 1. The van der Waals surface area contributed by atoms with E-state index in [0.717, 1.165) is 24.8 Å². The fourth-order valence-corrected chi connectivity index (χ4v) is 4.49. The van der Waals surface area contributed by atoms with Crippen molar-refractivity contribution in [2.75, 3.05) is 13.1 Å². The van der Waals surface area contributed by atoms with Crippen LogP contribution in [0.15, 0.2) is 41.4 Å². The highest BCUT2D eigenvalue weighted by Crippen LogP contribution is 2.20. The number of carbonyl (C=O) groups is 1. The Morgan fingerprint density at radius 2 is 1.84 bits per heavy atom. The minimum Gasteiger partial charge on any atom is -0.356 e. The maximum absolute atomic E-state index is 12.6. The number of piperidine rings is 1. The number of H-pyrrole nitrogens is 1. The summed E-state index contributed by atoms with van der Waals surface area (Å²) in [6, 6.07) is 8.18. The molecular formula is C17H20ClN3O3S. The van der Waals surface area contributed by atoms with Gasteiger partial charge in [-0.15, -0.1) is 0 Å². The number of aromatic nitrogens is 1. The quantitative estimate of drug-likeness (QED) is 0.835. The van der Waals surface area contributed by atoms with Crippen molar-refractivity contribution in [3.8, 4) is 0 Å². The van der Waals surface area contributed by atoms with Crippen LogP contribution in [-0.2, 0) is 16.6 Å². The monoisotopic (exact) mass is 381 g/mol. The van der Waals surface area contributed by atoms with Crippen molar-refractivity contribution in [2.24, 2.45) is 0 Å². The molecule has 25 heavy (non-hydrogen) atoms. The number of amides is 1. The Morgan fingerprint density at radius 3 is 2.44 bits per heavy atom. The molecule has 3 rings (SSSR count). The lowest BCUT2D eigenvalue weighted by atomic mass is 10.2. The maximum atomic E-state index is 12.6. The van der Waals surface area contributed by atoms with E-state index in [0.29, 0.717) is 35.2 Å². The molecule has 0 aliphatic carbocycles. The molecule has 1 saturated heterocycles. The number of hydrogen-bond acceptors (Lipinski definition) is 3. The molecule has 0 saturated carbocycles. The molecular weight excluding hydrogens is 362 g/mol. The minimum atomic E-state index is -3.42. The first-order valence-electron chi connectivity index (χ1n) is 8.18. The van der Waals surface area contributed by atoms with Gasteiger partial charge in [-0.3, -0.25) is 4.79 Å². The normalized spacial score (nSPS) is 15.9. The molecule has 1 amide bonds. The van der Waals surface area contributed by atoms with E-state index in [-0.39, 0.29) is 5.91 Å². The Hall–Kier alpha value is -1.83. The molecule has 0 radical (unpaired) electrons. The molecule has 1 fully saturated rings. The van der Waals surface area contributed by atoms with Gasteiger partial charge in [-0.05, 0) is 36.6 Å². The van der Waals surface area contributed by atoms with Crippen molar-refractivity contribution < 1.29 is 13.2 Å². The van der Waals surface area contributed by atoms with Gasteiger partial charge in [0.2, 0.25) is 10.0 Å². The predicted molar refractivity (Wildman–Crippen MR) is 96.0 cm³/mol. The Balaban J connectivity index is 1.63. The second kappa shape index (κ2) is 7.59. The third kappa shape index (κ3) is 4.23. The summed E-state index contributed by atoms with van der Waals surface area (Å²) in [4.78, 5) is 15.0. The molecule has 0 bridgehead atoms. The zero-order valence-corrected chi connectivity index (χ0v) is 15.2. The summed E-state index contributed by atoms with van der Waals surface area (Å²) in [6.45, 7) is 1.47. The molecule has 1 aromatic carbocycles. The molecule has 1 aliphatic rings. The van der Waals surface area contributed by atoms with Gasteiger partial charge < -0.3 is 10.3 Å². The summed E-state index contributed by atoms with van der Waals surface area (Å²) in [5.41, 5.74) is 1.21. The molecule has 8 heteroatoms. The first-order valence-corrected chi connectivity index (χ1v) is 10.00. The van der Waals surface area contributed by atoms with Crippen LogP contribution < -0.4 is 5.32 Å². The van der Waals surface area contributed by atoms with Crippen molar-refractivity contribution in [1.82, 2.24) is 14.6 Å². The van der Waals surface area contributed by atoms with Crippen molar-refractivity contribution in [3.63, 3.8) is 0 Å². The lowest BCUT2D eigenvalue weighted by molar-refractivity contribution is 0.0946. The van der Waals surface area contributed by atoms with Crippen LogP contribution in [0.2, 0.25) is 5.02 Å². The first kappa shape index (κ1) is 18.0. The van der Waals surface area contributed by atoms with Gasteiger partial charge in [-0.25, -0.2) is 8.42 Å². The van der Waals surface area contributed by atoms with E-state index in [1.165, 1.54) is 6.20 Å². The Labute approximate surface area is 152 Å². The second-order valence-corrected chi connectivity index (χ2v) is 8.40. The molecule has 1 aromatic heterocycles. The minimum absolute atomic E-state index is 0.267. The Kier molecular flexibility index (Phi) is 5.46. The van der Waals surface area contributed by atoms with Gasteiger partial charge in [-0.1, -0.05) is 30.2 Å². The number of aromatic amines is 1. The lowest BCUT2D eigenvalue weighted by Crippen LogP contribution is -2.35. The molecule has 0 atom stereocenters. The lowest BCUT2D eigenvalue weighted by Gasteiger charge is -2.25. The van der Waals surface area contributed by atoms with Crippen molar-refractivity contribution >= 4 is 27.5 Å². The van der Waals surface area contributed by atoms with Crippen LogP contribution in [-0.4, -0.2) is 36.7 Å². The molecule has 2 heterocycles. The van der Waals surface area contributed by atoms with Crippen molar-refractivity contribution in [2.45, 2.75) is 30.7 Å². The van der Waals surface area contributed by atoms with E-state index in [1.54, 1.807) is 34.6 Å². The topological polar surface area (TPSA) is 82.3 Å². The number of sulfonamides is 1. The molecule has 1 aliphatic heterocycles. The highest BCUT2D eigenvalue weighted by molar-refractivity contribution is 7.89. The van der Waals surface area contributed by atoms with Crippen molar-refractivity contribution in [1.29, 1.82) is 0 Å². The first-order chi connectivity index (χ1) is 12.0. The zero-order chi connectivity index (χ0) is 17.9. The second-order valence-electron chi connectivity index (χ2n) is 6.02. The highest BCUT2D eigenvalue weighted by Gasteiger charge is 2.25. The average molecular weight is 382 g/mol. The van der Waals surface area contributed by atoms with Crippen molar-refractivity contribution in [3.05, 3.63) is 52.8 Å². The average Bonchev–Trinajstić information content (AvgIpc) is 3.07. The molecule has 2 N–H and O–H groups in total. The number of hydrogen-bond donors (Lipinski definition) is 2. The summed E-state index contributed by atoms with van der Waals surface area (Å²) in [7, 11) is -3.42. The maximum Gasteiger partial charge on any atom is 0.268 e. The number of benzene rings is 1. The molecule has 2 aromatic rings. The molecule has 0 unspecified atom stereocenters. The van der Waals surface area contributed by atoms with Crippen LogP contribution in [0.1, 0.15) is 35.3 Å². The van der Waals surface area contributed by atoms with Crippen LogP contribution in [0.4, 0.5) is 0 Å². The van der Waals surface area contributed by atoms with Gasteiger partial charge in [-0.2, -0.15) is 4.31 Å². The number of nitrogens with one attached hydrogen (secondary N) is 2. The highest BCUT2D eigenvalue weighted by atomic mass is 35.5. The van der Waals surface area contributed by atoms with Gasteiger partial charge in [0.15, 0.2) is 0 Å². The Bertz CT molecular complexity index is 840. The third-order valence-electron chi connectivity index (χ3n) is 4.22. The van der Waals surface area contributed by atoms with Gasteiger partial charge >= 0.3 is 0 Å². The third-order valence-corrected chi connectivity index (χ3v) is 6.35. The number of nitrogens with zero attached hydrogens (tertiary/aromatic N) is 1. The summed E-state index contributed by atoms with van der Waals surface area (Å²) < 4.78 is 26.7. The Morgan fingerprint density at radius 1 is 1.16 bits per heavy atom. The van der Waals surface area contributed by atoms with Crippen LogP contribution in [0.25, 0.3) is 0 Å². The molecule has 134 valence electrons. The summed E-state index contributed by atoms with van der Waals surface area (Å²) in [5.74, 6) is -0.267. The van der Waals surface area contributed by atoms with Gasteiger partial charge in [0, 0.05) is 25.8 Å². The van der Waals surface area contributed by atoms with Crippen LogP contribution >= 0.6 is 11.6 Å². The predicted octanol–water partition coefficient (Wildman–Crippen LogP) is 2.77. The van der Waals surface area contributed by atoms with Gasteiger partial charge in [0.1, 0.15) is 5.69 Å².